The van der Waals surface area contributed by atoms with E-state index in [0.29, 0.717) is 15.2 Å². The van der Waals surface area contributed by atoms with Crippen molar-refractivity contribution in [2.24, 2.45) is 0 Å². The highest BCUT2D eigenvalue weighted by Crippen LogP contribution is 2.27. The summed E-state index contributed by atoms with van der Waals surface area (Å²) in [5.41, 5.74) is 0.698. The van der Waals surface area contributed by atoms with Gasteiger partial charge in [-0.2, -0.15) is 0 Å². The maximum atomic E-state index is 12.8. The minimum Gasteiger partial charge on any atom is -0.347 e. The van der Waals surface area contributed by atoms with E-state index in [1.165, 1.54) is 40.1 Å². The Labute approximate surface area is 146 Å². The average Bonchev–Trinajstić information content (AvgIpc) is 3.00. The zero-order valence-corrected chi connectivity index (χ0v) is 14.7. The number of nitrogens with zero attached hydrogens (tertiary/aromatic N) is 3. The highest BCUT2D eigenvalue weighted by atomic mass is 32.2. The fraction of sp³-hybridized carbons (Fsp3) is 0.286. The van der Waals surface area contributed by atoms with E-state index in [4.69, 9.17) is 0 Å². The molecule has 2 aromatic rings. The molecule has 0 radical (unpaired) electrons. The van der Waals surface area contributed by atoms with E-state index in [-0.39, 0.29) is 29.9 Å². The number of likely N-dealkylation sites (N-methyl/N-ethyl adjacent to an activating group) is 1. The van der Waals surface area contributed by atoms with Crippen LogP contribution < -0.4 is 10.6 Å². The molecular formula is C14H16FN5O2S2. The molecule has 2 rings (SSSR count). The van der Waals surface area contributed by atoms with Crippen molar-refractivity contribution in [3.8, 4) is 0 Å². The van der Waals surface area contributed by atoms with Gasteiger partial charge in [0, 0.05) is 19.8 Å². The van der Waals surface area contributed by atoms with E-state index < -0.39 is 0 Å². The van der Waals surface area contributed by atoms with Gasteiger partial charge in [-0.3, -0.25) is 9.59 Å². The van der Waals surface area contributed by atoms with Gasteiger partial charge >= 0.3 is 0 Å². The first-order valence-corrected chi connectivity index (χ1v) is 8.70. The smallest absolute Gasteiger partial charge is 0.241 e. The van der Waals surface area contributed by atoms with Crippen LogP contribution in [-0.2, 0) is 9.59 Å². The SMILES string of the molecule is CN(C)C(=O)CNC(=O)CSc1nnc(Nc2ccc(F)cc2)s1. The van der Waals surface area contributed by atoms with Gasteiger partial charge in [-0.25, -0.2) is 4.39 Å². The molecule has 0 saturated heterocycles. The third kappa shape index (κ3) is 5.78. The van der Waals surface area contributed by atoms with Crippen LogP contribution in [0.2, 0.25) is 0 Å². The summed E-state index contributed by atoms with van der Waals surface area (Å²) in [6.45, 7) is -0.0279. The van der Waals surface area contributed by atoms with Gasteiger partial charge in [0.05, 0.1) is 12.3 Å². The Hall–Kier alpha value is -2.20. The monoisotopic (exact) mass is 369 g/mol. The number of benzene rings is 1. The second-order valence-electron chi connectivity index (χ2n) is 4.86. The summed E-state index contributed by atoms with van der Waals surface area (Å²) in [5, 5.41) is 14.0. The Balaban J connectivity index is 1.78. The Bertz CT molecular complexity index is 705. The van der Waals surface area contributed by atoms with E-state index in [1.807, 2.05) is 0 Å². The second kappa shape index (κ2) is 8.60. The topological polar surface area (TPSA) is 87.2 Å². The van der Waals surface area contributed by atoms with Crippen LogP contribution in [0, 0.1) is 5.82 Å². The highest BCUT2D eigenvalue weighted by molar-refractivity contribution is 8.01. The molecule has 0 spiro atoms. The third-order valence-corrected chi connectivity index (χ3v) is 4.74. The van der Waals surface area contributed by atoms with Crippen molar-refractivity contribution in [3.05, 3.63) is 30.1 Å². The van der Waals surface area contributed by atoms with Crippen molar-refractivity contribution in [1.29, 1.82) is 0 Å². The Kier molecular flexibility index (Phi) is 6.50. The molecule has 2 amide bonds. The van der Waals surface area contributed by atoms with Gasteiger partial charge in [-0.15, -0.1) is 10.2 Å². The molecule has 0 fully saturated rings. The number of anilines is 2. The van der Waals surface area contributed by atoms with Crippen molar-refractivity contribution in [3.63, 3.8) is 0 Å². The number of halogens is 1. The van der Waals surface area contributed by atoms with E-state index in [2.05, 4.69) is 20.8 Å². The lowest BCUT2D eigenvalue weighted by molar-refractivity contribution is -0.130. The average molecular weight is 369 g/mol. The third-order valence-electron chi connectivity index (χ3n) is 2.76. The van der Waals surface area contributed by atoms with E-state index >= 15 is 0 Å². The van der Waals surface area contributed by atoms with Gasteiger partial charge in [0.15, 0.2) is 4.34 Å². The number of carbonyl (C=O) groups is 2. The van der Waals surface area contributed by atoms with Crippen molar-refractivity contribution in [1.82, 2.24) is 20.4 Å². The summed E-state index contributed by atoms with van der Waals surface area (Å²) in [4.78, 5) is 24.5. The molecule has 0 aliphatic rings. The lowest BCUT2D eigenvalue weighted by atomic mass is 10.3. The van der Waals surface area contributed by atoms with Gasteiger partial charge in [-0.05, 0) is 24.3 Å². The van der Waals surface area contributed by atoms with Crippen LogP contribution >= 0.6 is 23.1 Å². The van der Waals surface area contributed by atoms with E-state index in [1.54, 1.807) is 26.2 Å². The first-order valence-electron chi connectivity index (χ1n) is 6.90. The lowest BCUT2D eigenvalue weighted by Gasteiger charge is -2.10. The van der Waals surface area contributed by atoms with Gasteiger partial charge < -0.3 is 15.5 Å². The van der Waals surface area contributed by atoms with E-state index in [0.717, 1.165) is 0 Å². The van der Waals surface area contributed by atoms with E-state index in [9.17, 15) is 14.0 Å². The molecule has 0 saturated carbocycles. The highest BCUT2D eigenvalue weighted by Gasteiger charge is 2.10. The summed E-state index contributed by atoms with van der Waals surface area (Å²) in [7, 11) is 3.25. The number of carbonyl (C=O) groups excluding carboxylic acids is 2. The number of rotatable bonds is 7. The largest absolute Gasteiger partial charge is 0.347 e. The van der Waals surface area contributed by atoms with Crippen molar-refractivity contribution in [2.45, 2.75) is 4.34 Å². The normalized spacial score (nSPS) is 10.3. The molecule has 10 heteroatoms. The van der Waals surface area contributed by atoms with Gasteiger partial charge in [-0.1, -0.05) is 23.1 Å². The molecule has 1 aromatic heterocycles. The minimum absolute atomic E-state index is 0.0279. The molecule has 1 aromatic carbocycles. The number of hydrogen-bond donors (Lipinski definition) is 2. The minimum atomic E-state index is -0.312. The molecule has 0 bridgehead atoms. The fourth-order valence-corrected chi connectivity index (χ4v) is 3.09. The molecule has 0 aliphatic carbocycles. The fourth-order valence-electron chi connectivity index (χ4n) is 1.49. The van der Waals surface area contributed by atoms with Crippen molar-refractivity contribution < 1.29 is 14.0 Å². The maximum Gasteiger partial charge on any atom is 0.241 e. The maximum absolute atomic E-state index is 12.8. The van der Waals surface area contributed by atoms with Crippen molar-refractivity contribution >= 4 is 45.7 Å². The zero-order valence-electron chi connectivity index (χ0n) is 13.1. The van der Waals surface area contributed by atoms with Crippen LogP contribution in [0.25, 0.3) is 0 Å². The van der Waals surface area contributed by atoms with Gasteiger partial charge in [0.2, 0.25) is 16.9 Å². The number of thioether (sulfide) groups is 1. The predicted octanol–water partition coefficient (Wildman–Crippen LogP) is 1.72. The quantitative estimate of drug-likeness (QED) is 0.723. The van der Waals surface area contributed by atoms with Crippen LogP contribution in [0.15, 0.2) is 28.6 Å². The molecule has 0 unspecified atom stereocenters. The molecule has 0 aliphatic heterocycles. The number of aromatic nitrogens is 2. The second-order valence-corrected chi connectivity index (χ2v) is 7.06. The van der Waals surface area contributed by atoms with Crippen LogP contribution in [0.4, 0.5) is 15.2 Å². The van der Waals surface area contributed by atoms with Crippen LogP contribution in [0.3, 0.4) is 0 Å². The molecule has 2 N–H and O–H groups in total. The molecule has 24 heavy (non-hydrogen) atoms. The molecular weight excluding hydrogens is 353 g/mol. The van der Waals surface area contributed by atoms with Gasteiger partial charge in [0.25, 0.3) is 0 Å². The van der Waals surface area contributed by atoms with Gasteiger partial charge in [0.1, 0.15) is 5.82 Å². The lowest BCUT2D eigenvalue weighted by Crippen LogP contribution is -2.36. The van der Waals surface area contributed by atoms with Crippen LogP contribution in [-0.4, -0.2) is 53.3 Å². The first kappa shape index (κ1) is 18.1. The Morgan fingerprint density at radius 1 is 1.25 bits per heavy atom. The summed E-state index contributed by atoms with van der Waals surface area (Å²) in [6, 6.07) is 5.88. The summed E-state index contributed by atoms with van der Waals surface area (Å²) in [5.74, 6) is -0.590. The van der Waals surface area contributed by atoms with Crippen LogP contribution in [0.5, 0.6) is 0 Å². The Morgan fingerprint density at radius 2 is 1.96 bits per heavy atom. The summed E-state index contributed by atoms with van der Waals surface area (Å²) in [6.07, 6.45) is 0. The molecule has 128 valence electrons. The predicted molar refractivity (Wildman–Crippen MR) is 92.0 cm³/mol. The molecule has 0 atom stereocenters. The first-order chi connectivity index (χ1) is 11.4. The number of nitrogens with one attached hydrogen (secondary N) is 2. The van der Waals surface area contributed by atoms with Crippen LogP contribution in [0.1, 0.15) is 0 Å². The number of amides is 2. The van der Waals surface area contributed by atoms with Crippen molar-refractivity contribution in [2.75, 3.05) is 31.7 Å². The number of hydrogen-bond acceptors (Lipinski definition) is 7. The molecule has 7 nitrogen and oxygen atoms in total. The summed E-state index contributed by atoms with van der Waals surface area (Å²) < 4.78 is 13.5. The standard InChI is InChI=1S/C14H16FN5O2S2/c1-20(2)12(22)7-16-11(21)8-23-14-19-18-13(24-14)17-10-5-3-9(15)4-6-10/h3-6H,7-8H2,1-2H3,(H,16,21)(H,17,18). The zero-order chi connectivity index (χ0) is 17.5. The molecule has 1 heterocycles. The Morgan fingerprint density at radius 3 is 2.62 bits per heavy atom. The summed E-state index contributed by atoms with van der Waals surface area (Å²) >= 11 is 2.51.